The number of para-hydroxylation sites is 1. The monoisotopic (exact) mass is 408 g/mol. The van der Waals surface area contributed by atoms with Gasteiger partial charge in [-0.1, -0.05) is 59.8 Å². The van der Waals surface area contributed by atoms with Crippen molar-refractivity contribution in [3.63, 3.8) is 0 Å². The normalized spacial score (nSPS) is 14.2. The first kappa shape index (κ1) is 18.9. The molecule has 0 saturated carbocycles. The van der Waals surface area contributed by atoms with Crippen LogP contribution >= 0.6 is 0 Å². The number of benzene rings is 3. The molecule has 0 saturated heterocycles. The fourth-order valence-corrected chi connectivity index (χ4v) is 3.89. The molecular formula is C26H20N2O3. The van der Waals surface area contributed by atoms with Crippen molar-refractivity contribution in [3.05, 3.63) is 118 Å². The summed E-state index contributed by atoms with van der Waals surface area (Å²) < 4.78 is 10.6. The van der Waals surface area contributed by atoms with E-state index in [0.717, 1.165) is 39.3 Å². The maximum Gasteiger partial charge on any atom is 0.438 e. The molecule has 0 radical (unpaired) electrons. The summed E-state index contributed by atoms with van der Waals surface area (Å²) in [6.45, 7) is 2.10. The van der Waals surface area contributed by atoms with Gasteiger partial charge in [0.05, 0.1) is 0 Å². The first-order valence-electron chi connectivity index (χ1n) is 10.1. The maximum absolute atomic E-state index is 11.3. The minimum absolute atomic E-state index is 0.510. The van der Waals surface area contributed by atoms with Crippen LogP contribution in [0.5, 0.6) is 11.5 Å². The highest BCUT2D eigenvalue weighted by Gasteiger charge is 2.24. The summed E-state index contributed by atoms with van der Waals surface area (Å²) in [4.78, 5) is 14.0. The molecule has 0 amide bonds. The number of aromatic nitrogens is 2. The highest BCUT2D eigenvalue weighted by Crippen LogP contribution is 2.43. The second-order valence-electron chi connectivity index (χ2n) is 7.41. The van der Waals surface area contributed by atoms with Crippen LogP contribution in [0.15, 0.2) is 93.8 Å². The molecule has 1 aliphatic rings. The van der Waals surface area contributed by atoms with Gasteiger partial charge in [-0.25, -0.2) is 4.79 Å². The molecule has 0 spiro atoms. The van der Waals surface area contributed by atoms with Crippen molar-refractivity contribution in [2.24, 2.45) is 0 Å². The molecule has 5 heteroatoms. The van der Waals surface area contributed by atoms with Gasteiger partial charge in [-0.2, -0.15) is 0 Å². The third-order valence-electron chi connectivity index (χ3n) is 5.40. The zero-order valence-electron chi connectivity index (χ0n) is 17.0. The van der Waals surface area contributed by atoms with Crippen LogP contribution in [-0.2, 0) is 6.42 Å². The molecule has 0 atom stereocenters. The Morgan fingerprint density at radius 1 is 0.903 bits per heavy atom. The van der Waals surface area contributed by atoms with Crippen molar-refractivity contribution >= 4 is 17.2 Å². The molecule has 1 aromatic heterocycles. The third kappa shape index (κ3) is 3.85. The predicted molar refractivity (Wildman–Crippen MR) is 121 cm³/mol. The Morgan fingerprint density at radius 2 is 1.58 bits per heavy atom. The van der Waals surface area contributed by atoms with Crippen LogP contribution < -0.4 is 10.5 Å². The van der Waals surface area contributed by atoms with E-state index in [1.807, 2.05) is 66.7 Å². The Labute approximate surface area is 179 Å². The van der Waals surface area contributed by atoms with Crippen LogP contribution in [0.2, 0.25) is 0 Å². The van der Waals surface area contributed by atoms with E-state index < -0.39 is 5.76 Å². The van der Waals surface area contributed by atoms with Gasteiger partial charge in [-0.3, -0.25) is 9.51 Å². The highest BCUT2D eigenvalue weighted by atomic mass is 16.5. The van der Waals surface area contributed by atoms with Gasteiger partial charge in [0.25, 0.3) is 0 Å². The molecule has 5 rings (SSSR count). The van der Waals surface area contributed by atoms with Gasteiger partial charge >= 0.3 is 5.76 Å². The van der Waals surface area contributed by atoms with Gasteiger partial charge in [0, 0.05) is 6.42 Å². The van der Waals surface area contributed by atoms with Crippen molar-refractivity contribution in [1.82, 2.24) is 10.1 Å². The lowest BCUT2D eigenvalue weighted by Gasteiger charge is -2.07. The first-order chi connectivity index (χ1) is 15.2. The summed E-state index contributed by atoms with van der Waals surface area (Å²) in [5.74, 6) is 1.60. The standard InChI is InChI=1S/C26H20N2O3/c1-17-23(15-18-11-13-20(14-12-18)30-19-7-3-2-4-8-19)21-9-5-6-10-22(21)24(17)16-25-27-26(29)31-28-25/h2-15H,16H2,1H3,(H,27,28,29)/b23-15-. The van der Waals surface area contributed by atoms with E-state index in [2.05, 4.69) is 39.8 Å². The summed E-state index contributed by atoms with van der Waals surface area (Å²) >= 11 is 0. The third-order valence-corrected chi connectivity index (χ3v) is 5.40. The number of nitrogens with one attached hydrogen (secondary N) is 1. The lowest BCUT2D eigenvalue weighted by atomic mass is 10.0. The molecule has 0 bridgehead atoms. The molecule has 5 nitrogen and oxygen atoms in total. The van der Waals surface area contributed by atoms with Crippen molar-refractivity contribution in [3.8, 4) is 11.5 Å². The average molecular weight is 408 g/mol. The van der Waals surface area contributed by atoms with Gasteiger partial charge in [0.2, 0.25) is 0 Å². The quantitative estimate of drug-likeness (QED) is 0.458. The molecule has 1 heterocycles. The summed E-state index contributed by atoms with van der Waals surface area (Å²) in [5, 5.41) is 3.83. The zero-order chi connectivity index (χ0) is 21.2. The van der Waals surface area contributed by atoms with E-state index >= 15 is 0 Å². The molecule has 0 unspecified atom stereocenters. The second-order valence-corrected chi connectivity index (χ2v) is 7.41. The van der Waals surface area contributed by atoms with Crippen LogP contribution in [-0.4, -0.2) is 10.1 Å². The van der Waals surface area contributed by atoms with Crippen LogP contribution in [0.4, 0.5) is 0 Å². The fourth-order valence-electron chi connectivity index (χ4n) is 3.89. The smallest absolute Gasteiger partial charge is 0.438 e. The van der Waals surface area contributed by atoms with Crippen LogP contribution in [0.3, 0.4) is 0 Å². The minimum Gasteiger partial charge on any atom is -0.457 e. The van der Waals surface area contributed by atoms with Crippen molar-refractivity contribution in [2.75, 3.05) is 0 Å². The van der Waals surface area contributed by atoms with E-state index in [1.54, 1.807) is 0 Å². The molecule has 1 aliphatic carbocycles. The number of aromatic amines is 1. The second kappa shape index (κ2) is 7.95. The molecule has 4 aromatic rings. The lowest BCUT2D eigenvalue weighted by Crippen LogP contribution is -1.98. The van der Waals surface area contributed by atoms with Crippen LogP contribution in [0.25, 0.3) is 17.2 Å². The number of fused-ring (bicyclic) bond motifs is 1. The lowest BCUT2D eigenvalue weighted by molar-refractivity contribution is 0.382. The number of ether oxygens (including phenoxy) is 1. The van der Waals surface area contributed by atoms with E-state index in [4.69, 9.17) is 4.74 Å². The number of hydrogen-bond acceptors (Lipinski definition) is 4. The minimum atomic E-state index is -0.534. The van der Waals surface area contributed by atoms with E-state index in [0.29, 0.717) is 12.2 Å². The van der Waals surface area contributed by atoms with Gasteiger partial charge in [0.1, 0.15) is 11.5 Å². The van der Waals surface area contributed by atoms with Gasteiger partial charge in [0.15, 0.2) is 5.82 Å². The molecule has 1 N–H and O–H groups in total. The van der Waals surface area contributed by atoms with E-state index in [9.17, 15) is 4.79 Å². The number of rotatable bonds is 5. The van der Waals surface area contributed by atoms with Gasteiger partial charge in [-0.15, -0.1) is 0 Å². The highest BCUT2D eigenvalue weighted by molar-refractivity contribution is 6.05. The Bertz CT molecular complexity index is 1340. The summed E-state index contributed by atoms with van der Waals surface area (Å²) in [6.07, 6.45) is 2.69. The molecular weight excluding hydrogens is 388 g/mol. The van der Waals surface area contributed by atoms with Gasteiger partial charge in [-0.05, 0) is 70.7 Å². The summed E-state index contributed by atoms with van der Waals surface area (Å²) in [7, 11) is 0. The Kier molecular flexibility index (Phi) is 4.84. The largest absolute Gasteiger partial charge is 0.457 e. The van der Waals surface area contributed by atoms with Crippen LogP contribution in [0, 0.1) is 0 Å². The number of H-pyrrole nitrogens is 1. The van der Waals surface area contributed by atoms with Crippen molar-refractivity contribution in [1.29, 1.82) is 0 Å². The number of nitrogens with zero attached hydrogens (tertiary/aromatic N) is 1. The molecule has 0 aliphatic heterocycles. The summed E-state index contributed by atoms with van der Waals surface area (Å²) in [5.41, 5.74) is 6.86. The molecule has 152 valence electrons. The maximum atomic E-state index is 11.3. The van der Waals surface area contributed by atoms with E-state index in [1.165, 1.54) is 5.56 Å². The van der Waals surface area contributed by atoms with Gasteiger partial charge < -0.3 is 4.74 Å². The van der Waals surface area contributed by atoms with E-state index in [-0.39, 0.29) is 0 Å². The van der Waals surface area contributed by atoms with Crippen LogP contribution in [0.1, 0.15) is 29.4 Å². The molecule has 3 aromatic carbocycles. The van der Waals surface area contributed by atoms with Crippen molar-refractivity contribution in [2.45, 2.75) is 13.3 Å². The number of allylic oxidation sites excluding steroid dienone is 3. The Morgan fingerprint density at radius 3 is 2.29 bits per heavy atom. The Balaban J connectivity index is 1.46. The van der Waals surface area contributed by atoms with Crippen molar-refractivity contribution < 1.29 is 9.26 Å². The topological polar surface area (TPSA) is 68.1 Å². The Hall–Kier alpha value is -4.12. The average Bonchev–Trinajstić information content (AvgIpc) is 3.32. The first-order valence-corrected chi connectivity index (χ1v) is 10.1. The zero-order valence-corrected chi connectivity index (χ0v) is 17.0. The summed E-state index contributed by atoms with van der Waals surface area (Å²) in [6, 6.07) is 26.1. The molecule has 31 heavy (non-hydrogen) atoms. The fraction of sp³-hybridized carbons (Fsp3) is 0.0769. The predicted octanol–water partition coefficient (Wildman–Crippen LogP) is 5.73. The SMILES string of the molecule is CC1=C(Cc2noc(=O)[nH]2)c2ccccc2/C1=C\c1ccc(Oc2ccccc2)cc1. The molecule has 0 fully saturated rings. The number of hydrogen-bond donors (Lipinski definition) is 1.